The van der Waals surface area contributed by atoms with E-state index in [0.717, 1.165) is 4.50 Å². The third-order valence-electron chi connectivity index (χ3n) is 2.50. The summed E-state index contributed by atoms with van der Waals surface area (Å²) >= 11 is 23.2. The van der Waals surface area contributed by atoms with E-state index in [9.17, 15) is 0 Å². The molecular formula is C12H7Cl3S3Si. The van der Waals surface area contributed by atoms with Crippen molar-refractivity contribution < 1.29 is 0 Å². The monoisotopic (exact) mass is 380 g/mol. The zero-order valence-electron chi connectivity index (χ0n) is 9.40. The first-order valence-electron chi connectivity index (χ1n) is 5.35. The second-order valence-corrected chi connectivity index (χ2v) is 15.7. The van der Waals surface area contributed by atoms with Gasteiger partial charge in [-0.15, -0.1) is 67.2 Å². The molecule has 19 heavy (non-hydrogen) atoms. The number of hydrogen-bond donors (Lipinski definition) is 0. The molecule has 0 nitrogen and oxygen atoms in total. The molecule has 0 aliphatic heterocycles. The Kier molecular flexibility index (Phi) is 4.11. The second kappa shape index (κ2) is 5.52. The summed E-state index contributed by atoms with van der Waals surface area (Å²) in [6.07, 6.45) is 0. The predicted molar refractivity (Wildman–Crippen MR) is 93.9 cm³/mol. The molecule has 0 amide bonds. The van der Waals surface area contributed by atoms with Gasteiger partial charge in [0.25, 0.3) is 0 Å². The van der Waals surface area contributed by atoms with Gasteiger partial charge in [0.2, 0.25) is 0 Å². The van der Waals surface area contributed by atoms with Gasteiger partial charge in [0.1, 0.15) is 0 Å². The van der Waals surface area contributed by atoms with E-state index in [4.69, 9.17) is 33.2 Å². The van der Waals surface area contributed by atoms with Crippen LogP contribution in [0.1, 0.15) is 0 Å². The smallest absolute Gasteiger partial charge is 0.143 e. The van der Waals surface area contributed by atoms with Crippen molar-refractivity contribution in [2.75, 3.05) is 0 Å². The van der Waals surface area contributed by atoms with Gasteiger partial charge in [0.15, 0.2) is 0 Å². The van der Waals surface area contributed by atoms with Crippen LogP contribution in [-0.4, -0.2) is 6.00 Å². The molecule has 0 N–H and O–H groups in total. The molecule has 0 saturated heterocycles. The highest BCUT2D eigenvalue weighted by Crippen LogP contribution is 2.38. The zero-order chi connectivity index (χ0) is 13.5. The highest BCUT2D eigenvalue weighted by atomic mass is 35.8. The van der Waals surface area contributed by atoms with Crippen molar-refractivity contribution >= 4 is 77.8 Å². The maximum absolute atomic E-state index is 6.03. The van der Waals surface area contributed by atoms with Crippen LogP contribution in [0.25, 0.3) is 19.5 Å². The summed E-state index contributed by atoms with van der Waals surface area (Å²) in [5.41, 5.74) is 0. The highest BCUT2D eigenvalue weighted by molar-refractivity contribution is 7.73. The van der Waals surface area contributed by atoms with Crippen LogP contribution in [0.15, 0.2) is 41.8 Å². The van der Waals surface area contributed by atoms with Crippen molar-refractivity contribution in [3.05, 3.63) is 41.8 Å². The highest BCUT2D eigenvalue weighted by Gasteiger charge is 2.30. The van der Waals surface area contributed by atoms with Gasteiger partial charge < -0.3 is 0 Å². The molecule has 0 aromatic carbocycles. The molecule has 98 valence electrons. The van der Waals surface area contributed by atoms with E-state index in [1.807, 2.05) is 12.1 Å². The fraction of sp³-hybridized carbons (Fsp3) is 0. The van der Waals surface area contributed by atoms with Crippen molar-refractivity contribution in [1.29, 1.82) is 0 Å². The molecule has 3 aromatic heterocycles. The van der Waals surface area contributed by atoms with Crippen LogP contribution in [0.4, 0.5) is 0 Å². The Morgan fingerprint density at radius 2 is 1.37 bits per heavy atom. The fourth-order valence-corrected chi connectivity index (χ4v) is 7.01. The average molecular weight is 382 g/mol. The summed E-state index contributed by atoms with van der Waals surface area (Å²) < 4.78 is 0.888. The third-order valence-corrected chi connectivity index (χ3v) is 10.5. The van der Waals surface area contributed by atoms with Gasteiger partial charge in [0.05, 0.1) is 0 Å². The fourth-order valence-electron chi connectivity index (χ4n) is 1.64. The van der Waals surface area contributed by atoms with Gasteiger partial charge in [-0.05, 0) is 35.7 Å². The third kappa shape index (κ3) is 3.10. The minimum absolute atomic E-state index is 0.888. The number of thiophene rings is 3. The predicted octanol–water partition coefficient (Wildman–Crippen LogP) is 6.07. The zero-order valence-corrected chi connectivity index (χ0v) is 15.1. The molecule has 0 spiro atoms. The van der Waals surface area contributed by atoms with Gasteiger partial charge in [-0.1, -0.05) is 6.07 Å². The van der Waals surface area contributed by atoms with Crippen LogP contribution in [0.5, 0.6) is 0 Å². The maximum Gasteiger partial charge on any atom is 0.383 e. The standard InChI is InChI=1S/C12H7Cl3S3Si/c13-19(14,15)12-6-5-11(18-12)10-4-3-9(17-10)8-2-1-7-16-8/h1-7H. The van der Waals surface area contributed by atoms with Gasteiger partial charge in [-0.2, -0.15) is 0 Å². The molecule has 0 saturated carbocycles. The van der Waals surface area contributed by atoms with E-state index in [1.165, 1.54) is 19.5 Å². The second-order valence-electron chi connectivity index (χ2n) is 3.80. The quantitative estimate of drug-likeness (QED) is 0.381. The van der Waals surface area contributed by atoms with Crippen molar-refractivity contribution in [1.82, 2.24) is 0 Å². The molecule has 0 bridgehead atoms. The summed E-state index contributed by atoms with van der Waals surface area (Å²) in [5, 5.41) is 2.09. The molecule has 0 fully saturated rings. The number of halogens is 3. The summed E-state index contributed by atoms with van der Waals surface area (Å²) in [4.78, 5) is 4.97. The average Bonchev–Trinajstić information content (AvgIpc) is 3.10. The summed E-state index contributed by atoms with van der Waals surface area (Å²) in [6, 6.07) is 9.71. The Labute approximate surface area is 138 Å². The van der Waals surface area contributed by atoms with Crippen LogP contribution < -0.4 is 4.50 Å². The minimum atomic E-state index is -2.75. The van der Waals surface area contributed by atoms with E-state index in [0.29, 0.717) is 0 Å². The van der Waals surface area contributed by atoms with E-state index >= 15 is 0 Å². The normalized spacial score (nSPS) is 11.9. The Morgan fingerprint density at radius 1 is 0.737 bits per heavy atom. The largest absolute Gasteiger partial charge is 0.383 e. The lowest BCUT2D eigenvalue weighted by Gasteiger charge is -2.02. The van der Waals surface area contributed by atoms with Crippen LogP contribution >= 0.6 is 67.2 Å². The Balaban J connectivity index is 1.93. The molecule has 7 heteroatoms. The van der Waals surface area contributed by atoms with E-state index < -0.39 is 6.00 Å². The Hall–Kier alpha value is 0.187. The van der Waals surface area contributed by atoms with Gasteiger partial charge in [0, 0.05) is 24.0 Å². The Morgan fingerprint density at radius 3 is 1.95 bits per heavy atom. The number of rotatable bonds is 3. The summed E-state index contributed by atoms with van der Waals surface area (Å²) in [7, 11) is 0. The molecule has 0 atom stereocenters. The van der Waals surface area contributed by atoms with E-state index in [-0.39, 0.29) is 0 Å². The SMILES string of the molecule is Cl[Si](Cl)(Cl)c1ccc(-c2ccc(-c3cccs3)s2)s1. The lowest BCUT2D eigenvalue weighted by Crippen LogP contribution is -2.26. The van der Waals surface area contributed by atoms with Crippen molar-refractivity contribution in [3.63, 3.8) is 0 Å². The maximum atomic E-state index is 6.03. The molecular weight excluding hydrogens is 375 g/mol. The van der Waals surface area contributed by atoms with Gasteiger partial charge >= 0.3 is 6.00 Å². The molecule has 3 aromatic rings. The molecule has 0 aliphatic carbocycles. The van der Waals surface area contributed by atoms with Crippen molar-refractivity contribution in [2.24, 2.45) is 0 Å². The van der Waals surface area contributed by atoms with Crippen LogP contribution in [0, 0.1) is 0 Å². The van der Waals surface area contributed by atoms with Gasteiger partial charge in [-0.3, -0.25) is 0 Å². The first-order chi connectivity index (χ1) is 9.04. The van der Waals surface area contributed by atoms with Gasteiger partial charge in [-0.25, -0.2) is 0 Å². The topological polar surface area (TPSA) is 0 Å². The van der Waals surface area contributed by atoms with E-state index in [1.54, 1.807) is 34.0 Å². The number of hydrogen-bond acceptors (Lipinski definition) is 3. The Bertz CT molecular complexity index is 679. The molecule has 3 rings (SSSR count). The van der Waals surface area contributed by atoms with Crippen molar-refractivity contribution in [2.45, 2.75) is 0 Å². The molecule has 3 heterocycles. The van der Waals surface area contributed by atoms with Crippen LogP contribution in [0.2, 0.25) is 0 Å². The minimum Gasteiger partial charge on any atom is -0.143 e. The molecule has 0 radical (unpaired) electrons. The lowest BCUT2D eigenvalue weighted by molar-refractivity contribution is 1.91. The molecule has 0 aliphatic rings. The summed E-state index contributed by atoms with van der Waals surface area (Å²) in [6.45, 7) is 0. The lowest BCUT2D eigenvalue weighted by atomic mass is 10.3. The van der Waals surface area contributed by atoms with Crippen LogP contribution in [0.3, 0.4) is 0 Å². The van der Waals surface area contributed by atoms with E-state index in [2.05, 4.69) is 29.6 Å². The first-order valence-corrected chi connectivity index (χ1v) is 12.9. The van der Waals surface area contributed by atoms with Crippen LogP contribution in [-0.2, 0) is 0 Å². The summed E-state index contributed by atoms with van der Waals surface area (Å²) in [5.74, 6) is 0. The van der Waals surface area contributed by atoms with Crippen molar-refractivity contribution in [3.8, 4) is 19.5 Å². The first kappa shape index (κ1) is 14.1. The molecule has 0 unspecified atom stereocenters.